The summed E-state index contributed by atoms with van der Waals surface area (Å²) in [6, 6.07) is 4.36. The van der Waals surface area contributed by atoms with E-state index in [0.29, 0.717) is 23.6 Å². The number of fused-ring (bicyclic) bond motifs is 1. The molecular formula is C21H27N7O2. The van der Waals surface area contributed by atoms with Crippen LogP contribution in [0.2, 0.25) is 0 Å². The van der Waals surface area contributed by atoms with Crippen LogP contribution in [0.15, 0.2) is 29.3 Å². The molecule has 0 aromatic carbocycles. The molecule has 158 valence electrons. The van der Waals surface area contributed by atoms with Gasteiger partial charge in [-0.1, -0.05) is 12.8 Å². The number of imidazole rings is 1. The summed E-state index contributed by atoms with van der Waals surface area (Å²) in [5, 5.41) is 6.65. The van der Waals surface area contributed by atoms with E-state index in [1.54, 1.807) is 17.0 Å². The molecule has 0 radical (unpaired) electrons. The Kier molecular flexibility index (Phi) is 5.12. The smallest absolute Gasteiger partial charge is 0.329 e. The predicted octanol–water partition coefficient (Wildman–Crippen LogP) is 2.97. The molecule has 3 aromatic heterocycles. The van der Waals surface area contributed by atoms with Crippen molar-refractivity contribution in [1.82, 2.24) is 24.1 Å². The molecule has 0 bridgehead atoms. The second-order valence-electron chi connectivity index (χ2n) is 8.13. The van der Waals surface area contributed by atoms with E-state index in [9.17, 15) is 4.79 Å². The first-order valence-corrected chi connectivity index (χ1v) is 10.7. The minimum atomic E-state index is 0.0285. The van der Waals surface area contributed by atoms with Gasteiger partial charge < -0.3 is 15.4 Å². The van der Waals surface area contributed by atoms with Gasteiger partial charge in [-0.3, -0.25) is 9.13 Å². The van der Waals surface area contributed by atoms with Crippen molar-refractivity contribution in [1.29, 1.82) is 0 Å². The number of ether oxygens (including phenoxy) is 1. The van der Waals surface area contributed by atoms with Crippen molar-refractivity contribution >= 4 is 28.6 Å². The van der Waals surface area contributed by atoms with Gasteiger partial charge in [0.1, 0.15) is 11.6 Å². The van der Waals surface area contributed by atoms with Gasteiger partial charge in [0.05, 0.1) is 17.2 Å². The Morgan fingerprint density at radius 2 is 1.87 bits per heavy atom. The lowest BCUT2D eigenvalue weighted by molar-refractivity contribution is 0.0903. The van der Waals surface area contributed by atoms with Gasteiger partial charge >= 0.3 is 5.69 Å². The van der Waals surface area contributed by atoms with Crippen molar-refractivity contribution in [3.05, 3.63) is 35.0 Å². The second-order valence-corrected chi connectivity index (χ2v) is 8.13. The highest BCUT2D eigenvalue weighted by atomic mass is 16.5. The fourth-order valence-electron chi connectivity index (χ4n) is 4.49. The molecule has 0 unspecified atom stereocenters. The van der Waals surface area contributed by atoms with Crippen LogP contribution in [0.3, 0.4) is 0 Å². The van der Waals surface area contributed by atoms with Crippen LogP contribution in [0.1, 0.15) is 44.6 Å². The maximum atomic E-state index is 12.8. The minimum absolute atomic E-state index is 0.0285. The molecule has 5 rings (SSSR count). The summed E-state index contributed by atoms with van der Waals surface area (Å²) in [6.07, 6.45) is 9.84. The third-order valence-electron chi connectivity index (χ3n) is 6.13. The molecule has 2 fully saturated rings. The number of nitrogens with zero attached hydrogens (tertiary/aromatic N) is 5. The number of rotatable bonds is 5. The summed E-state index contributed by atoms with van der Waals surface area (Å²) < 4.78 is 9.03. The number of hydrogen-bond acceptors (Lipinski definition) is 7. The summed E-state index contributed by atoms with van der Waals surface area (Å²) in [6.45, 7) is 1.53. The lowest BCUT2D eigenvalue weighted by Crippen LogP contribution is -2.28. The minimum Gasteiger partial charge on any atom is -0.381 e. The fraction of sp³-hybridized carbons (Fsp3) is 0.524. The SMILES string of the molecule is Cn1c(=O)n(C2CCCC2)c2cc(Nc3ccnc(NC4CCOCC4)n3)ncc21. The van der Waals surface area contributed by atoms with Crippen LogP contribution in [0.5, 0.6) is 0 Å². The Balaban J connectivity index is 1.41. The molecule has 0 amide bonds. The van der Waals surface area contributed by atoms with Gasteiger partial charge in [0.15, 0.2) is 0 Å². The maximum Gasteiger partial charge on any atom is 0.329 e. The number of anilines is 3. The van der Waals surface area contributed by atoms with E-state index in [2.05, 4.69) is 25.6 Å². The predicted molar refractivity (Wildman–Crippen MR) is 115 cm³/mol. The first-order valence-electron chi connectivity index (χ1n) is 10.7. The van der Waals surface area contributed by atoms with Crippen LogP contribution >= 0.6 is 0 Å². The monoisotopic (exact) mass is 409 g/mol. The number of hydrogen-bond donors (Lipinski definition) is 2. The fourth-order valence-corrected chi connectivity index (χ4v) is 4.49. The summed E-state index contributed by atoms with van der Waals surface area (Å²) in [5.74, 6) is 1.92. The van der Waals surface area contributed by atoms with Crippen molar-refractivity contribution in [3.8, 4) is 0 Å². The molecule has 9 heteroatoms. The summed E-state index contributed by atoms with van der Waals surface area (Å²) in [4.78, 5) is 26.2. The van der Waals surface area contributed by atoms with Crippen LogP contribution in [0, 0.1) is 0 Å². The van der Waals surface area contributed by atoms with Gasteiger partial charge in [-0.05, 0) is 31.7 Å². The third kappa shape index (κ3) is 3.65. The summed E-state index contributed by atoms with van der Waals surface area (Å²) in [7, 11) is 1.81. The zero-order valence-corrected chi connectivity index (χ0v) is 17.2. The zero-order valence-electron chi connectivity index (χ0n) is 17.2. The van der Waals surface area contributed by atoms with Gasteiger partial charge in [-0.15, -0.1) is 0 Å². The van der Waals surface area contributed by atoms with Crippen molar-refractivity contribution in [2.45, 2.75) is 50.6 Å². The Morgan fingerprint density at radius 3 is 2.67 bits per heavy atom. The van der Waals surface area contributed by atoms with Crippen molar-refractivity contribution < 1.29 is 4.74 Å². The highest BCUT2D eigenvalue weighted by Gasteiger charge is 2.23. The molecule has 2 aliphatic rings. The average molecular weight is 409 g/mol. The van der Waals surface area contributed by atoms with E-state index in [0.717, 1.165) is 49.9 Å². The van der Waals surface area contributed by atoms with Gasteiger partial charge in [-0.2, -0.15) is 4.98 Å². The average Bonchev–Trinajstić information content (AvgIpc) is 3.36. The third-order valence-corrected chi connectivity index (χ3v) is 6.13. The number of pyridine rings is 1. The van der Waals surface area contributed by atoms with Gasteiger partial charge in [-0.25, -0.2) is 14.8 Å². The summed E-state index contributed by atoms with van der Waals surface area (Å²) in [5.41, 5.74) is 1.80. The Bertz CT molecular complexity index is 1090. The van der Waals surface area contributed by atoms with Gasteiger partial charge in [0.2, 0.25) is 5.95 Å². The highest BCUT2D eigenvalue weighted by Crippen LogP contribution is 2.31. The standard InChI is InChI=1S/C21H27N7O2/c1-27-17-13-23-19(12-16(17)28(21(27)29)15-4-2-3-5-15)25-18-6-9-22-20(26-18)24-14-7-10-30-11-8-14/h6,9,12-15H,2-5,7-8,10-11H2,1H3,(H2,22,23,24,25,26). The Labute approximate surface area is 174 Å². The Hall–Kier alpha value is -2.94. The maximum absolute atomic E-state index is 12.8. The molecule has 1 aliphatic carbocycles. The molecule has 30 heavy (non-hydrogen) atoms. The van der Waals surface area contributed by atoms with E-state index < -0.39 is 0 Å². The molecule has 3 aromatic rings. The number of aromatic nitrogens is 5. The first kappa shape index (κ1) is 19.0. The quantitative estimate of drug-likeness (QED) is 0.668. The lowest BCUT2D eigenvalue weighted by atomic mass is 10.1. The van der Waals surface area contributed by atoms with E-state index in [4.69, 9.17) is 4.74 Å². The van der Waals surface area contributed by atoms with Crippen LogP contribution in [0.4, 0.5) is 17.6 Å². The molecule has 4 heterocycles. The lowest BCUT2D eigenvalue weighted by Gasteiger charge is -2.23. The molecule has 2 N–H and O–H groups in total. The van der Waals surface area contributed by atoms with Gasteiger partial charge in [0, 0.05) is 44.6 Å². The molecule has 1 saturated heterocycles. The van der Waals surface area contributed by atoms with Crippen LogP contribution < -0.4 is 16.3 Å². The number of nitrogens with one attached hydrogen (secondary N) is 2. The first-order chi connectivity index (χ1) is 14.7. The van der Waals surface area contributed by atoms with E-state index >= 15 is 0 Å². The molecular weight excluding hydrogens is 382 g/mol. The largest absolute Gasteiger partial charge is 0.381 e. The summed E-state index contributed by atoms with van der Waals surface area (Å²) >= 11 is 0. The van der Waals surface area contributed by atoms with Crippen LogP contribution in [0.25, 0.3) is 11.0 Å². The molecule has 1 saturated carbocycles. The normalized spacial score (nSPS) is 18.2. The van der Waals surface area contributed by atoms with E-state index in [1.165, 1.54) is 12.8 Å². The van der Waals surface area contributed by atoms with Crippen LogP contribution in [-0.2, 0) is 11.8 Å². The van der Waals surface area contributed by atoms with Crippen molar-refractivity contribution in [2.75, 3.05) is 23.8 Å². The van der Waals surface area contributed by atoms with Gasteiger partial charge in [0.25, 0.3) is 0 Å². The number of aryl methyl sites for hydroxylation is 1. The van der Waals surface area contributed by atoms with E-state index in [1.807, 2.05) is 23.7 Å². The molecule has 1 aliphatic heterocycles. The highest BCUT2D eigenvalue weighted by molar-refractivity contribution is 5.79. The second kappa shape index (κ2) is 8.06. The molecule has 0 spiro atoms. The van der Waals surface area contributed by atoms with Crippen molar-refractivity contribution in [2.24, 2.45) is 7.05 Å². The molecule has 0 atom stereocenters. The zero-order chi connectivity index (χ0) is 20.5. The Morgan fingerprint density at radius 1 is 1.07 bits per heavy atom. The van der Waals surface area contributed by atoms with Crippen molar-refractivity contribution in [3.63, 3.8) is 0 Å². The van der Waals surface area contributed by atoms with E-state index in [-0.39, 0.29) is 11.7 Å². The van der Waals surface area contributed by atoms with Crippen LogP contribution in [-0.4, -0.2) is 43.3 Å². The molecule has 9 nitrogen and oxygen atoms in total. The topological polar surface area (TPSA) is 98.9 Å².